The van der Waals surface area contributed by atoms with Crippen LogP contribution in [0.3, 0.4) is 0 Å². The number of hydrogen-bond donors (Lipinski definition) is 1. The summed E-state index contributed by atoms with van der Waals surface area (Å²) in [6.45, 7) is 3.02. The van der Waals surface area contributed by atoms with Gasteiger partial charge in [-0.2, -0.15) is 0 Å². The fraction of sp³-hybridized carbons (Fsp3) is 0.500. The van der Waals surface area contributed by atoms with Gasteiger partial charge in [0.25, 0.3) is 0 Å². The molecule has 0 saturated carbocycles. The predicted molar refractivity (Wildman–Crippen MR) is 55.8 cm³/mol. The highest BCUT2D eigenvalue weighted by Gasteiger charge is 2.27. The molecule has 0 amide bonds. The molecule has 0 spiro atoms. The first kappa shape index (κ1) is 10.6. The molecule has 1 aromatic carbocycles. The lowest BCUT2D eigenvalue weighted by Crippen LogP contribution is -2.24. The summed E-state index contributed by atoms with van der Waals surface area (Å²) >= 11 is 0. The van der Waals surface area contributed by atoms with Crippen molar-refractivity contribution in [1.29, 1.82) is 0 Å². The van der Waals surface area contributed by atoms with Crippen LogP contribution < -0.4 is 5.32 Å². The summed E-state index contributed by atoms with van der Waals surface area (Å²) in [5, 5.41) is 3.35. The molecule has 3 heteroatoms. The third-order valence-electron chi connectivity index (χ3n) is 3.10. The SMILES string of the molecule is CCC1NCCC1c1cc(F)cc(F)c1. The highest BCUT2D eigenvalue weighted by Crippen LogP contribution is 2.30. The Morgan fingerprint density at radius 2 is 1.93 bits per heavy atom. The number of rotatable bonds is 2. The second kappa shape index (κ2) is 4.27. The number of nitrogens with one attached hydrogen (secondary N) is 1. The molecule has 2 unspecified atom stereocenters. The van der Waals surface area contributed by atoms with Crippen LogP contribution in [0.25, 0.3) is 0 Å². The topological polar surface area (TPSA) is 12.0 Å². The van der Waals surface area contributed by atoms with Gasteiger partial charge in [0.15, 0.2) is 0 Å². The van der Waals surface area contributed by atoms with Gasteiger partial charge in [0.1, 0.15) is 11.6 Å². The molecule has 1 aliphatic heterocycles. The predicted octanol–water partition coefficient (Wildman–Crippen LogP) is 2.82. The molecule has 2 atom stereocenters. The first-order valence-electron chi connectivity index (χ1n) is 5.40. The summed E-state index contributed by atoms with van der Waals surface area (Å²) in [6, 6.07) is 4.17. The maximum absolute atomic E-state index is 13.1. The lowest BCUT2D eigenvalue weighted by Gasteiger charge is -2.18. The first-order chi connectivity index (χ1) is 7.20. The minimum Gasteiger partial charge on any atom is -0.313 e. The molecule has 1 fully saturated rings. The standard InChI is InChI=1S/C12H15F2N/c1-2-12-11(3-4-15-12)8-5-9(13)7-10(14)6-8/h5-7,11-12,15H,2-4H2,1H3. The summed E-state index contributed by atoms with van der Waals surface area (Å²) in [6.07, 6.45) is 1.95. The van der Waals surface area contributed by atoms with Crippen LogP contribution in [0.15, 0.2) is 18.2 Å². The summed E-state index contributed by atoms with van der Waals surface area (Å²) in [5.74, 6) is -0.710. The van der Waals surface area contributed by atoms with Crippen LogP contribution in [0, 0.1) is 11.6 Å². The smallest absolute Gasteiger partial charge is 0.126 e. The van der Waals surface area contributed by atoms with Crippen LogP contribution >= 0.6 is 0 Å². The number of halogens is 2. The van der Waals surface area contributed by atoms with E-state index in [2.05, 4.69) is 12.2 Å². The fourth-order valence-electron chi connectivity index (χ4n) is 2.38. The van der Waals surface area contributed by atoms with Crippen molar-refractivity contribution >= 4 is 0 Å². The zero-order chi connectivity index (χ0) is 10.8. The molecule has 1 saturated heterocycles. The molecular weight excluding hydrogens is 196 g/mol. The van der Waals surface area contributed by atoms with Crippen molar-refractivity contribution in [3.63, 3.8) is 0 Å². The third kappa shape index (κ3) is 2.17. The first-order valence-corrected chi connectivity index (χ1v) is 5.40. The molecule has 82 valence electrons. The second-order valence-corrected chi connectivity index (χ2v) is 4.07. The van der Waals surface area contributed by atoms with Crippen molar-refractivity contribution < 1.29 is 8.78 Å². The van der Waals surface area contributed by atoms with E-state index in [4.69, 9.17) is 0 Å². The van der Waals surface area contributed by atoms with Crippen LogP contribution in [0.2, 0.25) is 0 Å². The molecule has 0 radical (unpaired) electrons. The van der Waals surface area contributed by atoms with Crippen LogP contribution in [0.4, 0.5) is 8.78 Å². The van der Waals surface area contributed by atoms with Gasteiger partial charge in [-0.15, -0.1) is 0 Å². The molecule has 15 heavy (non-hydrogen) atoms. The Kier molecular flexibility index (Phi) is 3.00. The Morgan fingerprint density at radius 3 is 2.53 bits per heavy atom. The maximum Gasteiger partial charge on any atom is 0.126 e. The average Bonchev–Trinajstić information content (AvgIpc) is 2.63. The Balaban J connectivity index is 2.28. The van der Waals surface area contributed by atoms with Crippen molar-refractivity contribution in [3.8, 4) is 0 Å². The Hall–Kier alpha value is -0.960. The monoisotopic (exact) mass is 211 g/mol. The van der Waals surface area contributed by atoms with E-state index in [-0.39, 0.29) is 5.92 Å². The lowest BCUT2D eigenvalue weighted by molar-refractivity contribution is 0.520. The van der Waals surface area contributed by atoms with Gasteiger partial charge in [-0.1, -0.05) is 6.92 Å². The van der Waals surface area contributed by atoms with E-state index in [1.165, 1.54) is 12.1 Å². The molecule has 0 aliphatic carbocycles. The number of benzene rings is 1. The van der Waals surface area contributed by atoms with Crippen molar-refractivity contribution in [1.82, 2.24) is 5.32 Å². The van der Waals surface area contributed by atoms with Crippen LogP contribution in [-0.2, 0) is 0 Å². The number of hydrogen-bond acceptors (Lipinski definition) is 1. The Morgan fingerprint density at radius 1 is 1.27 bits per heavy atom. The van der Waals surface area contributed by atoms with Gasteiger partial charge in [0, 0.05) is 18.0 Å². The fourth-order valence-corrected chi connectivity index (χ4v) is 2.38. The second-order valence-electron chi connectivity index (χ2n) is 4.07. The van der Waals surface area contributed by atoms with E-state index in [0.717, 1.165) is 31.0 Å². The van der Waals surface area contributed by atoms with E-state index in [9.17, 15) is 8.78 Å². The van der Waals surface area contributed by atoms with Crippen LogP contribution in [0.1, 0.15) is 31.2 Å². The van der Waals surface area contributed by atoms with E-state index in [1.54, 1.807) is 0 Å². The summed E-state index contributed by atoms with van der Waals surface area (Å²) < 4.78 is 26.1. The van der Waals surface area contributed by atoms with Crippen molar-refractivity contribution in [2.75, 3.05) is 6.54 Å². The molecule has 2 rings (SSSR count). The van der Waals surface area contributed by atoms with Crippen molar-refractivity contribution in [2.24, 2.45) is 0 Å². The molecule has 0 aromatic heterocycles. The zero-order valence-electron chi connectivity index (χ0n) is 8.76. The molecule has 1 aromatic rings. The minimum atomic E-state index is -0.480. The molecule has 1 aliphatic rings. The van der Waals surface area contributed by atoms with E-state index in [0.29, 0.717) is 6.04 Å². The van der Waals surface area contributed by atoms with E-state index < -0.39 is 11.6 Å². The van der Waals surface area contributed by atoms with Crippen molar-refractivity contribution in [2.45, 2.75) is 31.7 Å². The minimum absolute atomic E-state index is 0.250. The van der Waals surface area contributed by atoms with Gasteiger partial charge < -0.3 is 5.32 Å². The molecule has 0 bridgehead atoms. The molecular formula is C12H15F2N. The van der Waals surface area contributed by atoms with Gasteiger partial charge >= 0.3 is 0 Å². The Bertz CT molecular complexity index is 331. The van der Waals surface area contributed by atoms with Gasteiger partial charge in [0.05, 0.1) is 0 Å². The maximum atomic E-state index is 13.1. The Labute approximate surface area is 88.5 Å². The van der Waals surface area contributed by atoms with Crippen LogP contribution in [-0.4, -0.2) is 12.6 Å². The van der Waals surface area contributed by atoms with E-state index in [1.807, 2.05) is 0 Å². The molecule has 1 nitrogen and oxygen atoms in total. The lowest BCUT2D eigenvalue weighted by atomic mass is 9.90. The average molecular weight is 211 g/mol. The van der Waals surface area contributed by atoms with Gasteiger partial charge in [-0.3, -0.25) is 0 Å². The van der Waals surface area contributed by atoms with Crippen molar-refractivity contribution in [3.05, 3.63) is 35.4 Å². The summed E-state index contributed by atoms with van der Waals surface area (Å²) in [7, 11) is 0. The zero-order valence-corrected chi connectivity index (χ0v) is 8.76. The van der Waals surface area contributed by atoms with Gasteiger partial charge in [0.2, 0.25) is 0 Å². The third-order valence-corrected chi connectivity index (χ3v) is 3.10. The molecule has 1 heterocycles. The summed E-state index contributed by atoms with van der Waals surface area (Å²) in [4.78, 5) is 0. The highest BCUT2D eigenvalue weighted by molar-refractivity contribution is 5.24. The highest BCUT2D eigenvalue weighted by atomic mass is 19.1. The van der Waals surface area contributed by atoms with Gasteiger partial charge in [-0.25, -0.2) is 8.78 Å². The normalized spacial score (nSPS) is 25.8. The summed E-state index contributed by atoms with van der Waals surface area (Å²) in [5.41, 5.74) is 0.782. The largest absolute Gasteiger partial charge is 0.313 e. The van der Waals surface area contributed by atoms with Gasteiger partial charge in [-0.05, 0) is 37.1 Å². The van der Waals surface area contributed by atoms with Crippen LogP contribution in [0.5, 0.6) is 0 Å². The quantitative estimate of drug-likeness (QED) is 0.793. The molecule has 1 N–H and O–H groups in total. The van der Waals surface area contributed by atoms with E-state index >= 15 is 0 Å².